The van der Waals surface area contributed by atoms with Crippen molar-refractivity contribution in [3.63, 3.8) is 0 Å². The Hall–Kier alpha value is -0.230. The summed E-state index contributed by atoms with van der Waals surface area (Å²) in [5, 5.41) is 0. The zero-order valence-electron chi connectivity index (χ0n) is 8.33. The molecule has 0 bridgehead atoms. The molecule has 15 heavy (non-hydrogen) atoms. The third kappa shape index (κ3) is 2.66. The first-order valence-corrected chi connectivity index (χ1v) is 6.62. The molecule has 2 heterocycles. The SMILES string of the molecule is Fc1ncccc1C1CC(CI)CCO1. The molecule has 0 saturated carbocycles. The Balaban J connectivity index is 2.13. The number of pyridine rings is 1. The highest BCUT2D eigenvalue weighted by atomic mass is 127. The Morgan fingerprint density at radius 3 is 3.20 bits per heavy atom. The lowest BCUT2D eigenvalue weighted by Gasteiger charge is -2.28. The molecule has 0 aromatic carbocycles. The third-order valence-corrected chi connectivity index (χ3v) is 3.99. The van der Waals surface area contributed by atoms with Crippen LogP contribution in [0.3, 0.4) is 0 Å². The smallest absolute Gasteiger partial charge is 0.218 e. The number of nitrogens with zero attached hydrogens (tertiary/aromatic N) is 1. The van der Waals surface area contributed by atoms with E-state index in [1.165, 1.54) is 6.20 Å². The number of hydrogen-bond donors (Lipinski definition) is 0. The Morgan fingerprint density at radius 2 is 2.47 bits per heavy atom. The van der Waals surface area contributed by atoms with E-state index in [1.54, 1.807) is 12.1 Å². The van der Waals surface area contributed by atoms with E-state index in [9.17, 15) is 4.39 Å². The summed E-state index contributed by atoms with van der Waals surface area (Å²) in [4.78, 5) is 3.66. The van der Waals surface area contributed by atoms with E-state index < -0.39 is 5.95 Å². The molecule has 0 amide bonds. The van der Waals surface area contributed by atoms with Crippen LogP contribution in [0.25, 0.3) is 0 Å². The number of alkyl halides is 1. The molecule has 0 N–H and O–H groups in total. The topological polar surface area (TPSA) is 22.1 Å². The molecule has 1 aromatic rings. The number of hydrogen-bond acceptors (Lipinski definition) is 2. The maximum absolute atomic E-state index is 13.4. The van der Waals surface area contributed by atoms with Gasteiger partial charge in [0.05, 0.1) is 6.10 Å². The molecule has 1 saturated heterocycles. The molecule has 2 nitrogen and oxygen atoms in total. The fourth-order valence-electron chi connectivity index (χ4n) is 1.86. The van der Waals surface area contributed by atoms with Gasteiger partial charge in [-0.3, -0.25) is 0 Å². The maximum atomic E-state index is 13.4. The molecule has 1 fully saturated rings. The molecule has 82 valence electrons. The van der Waals surface area contributed by atoms with Gasteiger partial charge in [-0.25, -0.2) is 4.98 Å². The predicted molar refractivity (Wildman–Crippen MR) is 64.5 cm³/mol. The van der Waals surface area contributed by atoms with Gasteiger partial charge in [-0.05, 0) is 24.8 Å². The molecule has 2 unspecified atom stereocenters. The van der Waals surface area contributed by atoms with Gasteiger partial charge in [-0.1, -0.05) is 28.7 Å². The second-order valence-corrected chi connectivity index (χ2v) is 4.67. The minimum absolute atomic E-state index is 0.104. The van der Waals surface area contributed by atoms with Crippen molar-refractivity contribution in [3.05, 3.63) is 29.8 Å². The van der Waals surface area contributed by atoms with Crippen LogP contribution < -0.4 is 0 Å². The van der Waals surface area contributed by atoms with Crippen LogP contribution in [0.15, 0.2) is 18.3 Å². The summed E-state index contributed by atoms with van der Waals surface area (Å²) in [6.07, 6.45) is 3.36. The highest BCUT2D eigenvalue weighted by Gasteiger charge is 2.25. The Labute approximate surface area is 102 Å². The van der Waals surface area contributed by atoms with E-state index in [-0.39, 0.29) is 6.10 Å². The Bertz CT molecular complexity index is 334. The summed E-state index contributed by atoms with van der Waals surface area (Å²) in [7, 11) is 0. The molecule has 1 aliphatic heterocycles. The number of halogens is 2. The summed E-state index contributed by atoms with van der Waals surface area (Å²) in [5.41, 5.74) is 0.604. The van der Waals surface area contributed by atoms with Gasteiger partial charge in [0, 0.05) is 22.8 Å². The van der Waals surface area contributed by atoms with Crippen molar-refractivity contribution in [2.75, 3.05) is 11.0 Å². The summed E-state index contributed by atoms with van der Waals surface area (Å²) in [5.74, 6) is 0.251. The lowest BCUT2D eigenvalue weighted by molar-refractivity contribution is -0.00710. The Kier molecular flexibility index (Phi) is 3.91. The van der Waals surface area contributed by atoms with Gasteiger partial charge in [0.1, 0.15) is 0 Å². The highest BCUT2D eigenvalue weighted by molar-refractivity contribution is 14.1. The molecule has 0 aliphatic carbocycles. The van der Waals surface area contributed by atoms with Gasteiger partial charge in [0.2, 0.25) is 5.95 Å². The first-order chi connectivity index (χ1) is 7.31. The largest absolute Gasteiger partial charge is 0.373 e. The van der Waals surface area contributed by atoms with E-state index in [0.29, 0.717) is 11.5 Å². The van der Waals surface area contributed by atoms with Gasteiger partial charge >= 0.3 is 0 Å². The fraction of sp³-hybridized carbons (Fsp3) is 0.545. The van der Waals surface area contributed by atoms with E-state index in [1.807, 2.05) is 0 Å². The molecule has 0 radical (unpaired) electrons. The maximum Gasteiger partial charge on any atom is 0.218 e. The first-order valence-electron chi connectivity index (χ1n) is 5.09. The van der Waals surface area contributed by atoms with Crippen LogP contribution >= 0.6 is 22.6 Å². The number of rotatable bonds is 2. The lowest BCUT2D eigenvalue weighted by Crippen LogP contribution is -2.21. The van der Waals surface area contributed by atoms with Crippen molar-refractivity contribution in [1.82, 2.24) is 4.98 Å². The van der Waals surface area contributed by atoms with Crippen LogP contribution in [-0.2, 0) is 4.74 Å². The van der Waals surface area contributed by atoms with Crippen molar-refractivity contribution < 1.29 is 9.13 Å². The molecule has 2 rings (SSSR count). The molecule has 0 spiro atoms. The van der Waals surface area contributed by atoms with Crippen molar-refractivity contribution in [2.45, 2.75) is 18.9 Å². The quantitative estimate of drug-likeness (QED) is 0.474. The average Bonchev–Trinajstić information content (AvgIpc) is 2.30. The van der Waals surface area contributed by atoms with Crippen LogP contribution in [0.2, 0.25) is 0 Å². The van der Waals surface area contributed by atoms with Crippen LogP contribution in [0.4, 0.5) is 4.39 Å². The minimum atomic E-state index is -0.392. The molecule has 4 heteroatoms. The van der Waals surface area contributed by atoms with Gasteiger partial charge < -0.3 is 4.74 Å². The minimum Gasteiger partial charge on any atom is -0.373 e. The first kappa shape index (κ1) is 11.3. The lowest BCUT2D eigenvalue weighted by atomic mass is 9.94. The van der Waals surface area contributed by atoms with Crippen LogP contribution in [0, 0.1) is 11.9 Å². The van der Waals surface area contributed by atoms with E-state index in [0.717, 1.165) is 23.9 Å². The average molecular weight is 321 g/mol. The van der Waals surface area contributed by atoms with Gasteiger partial charge in [0.25, 0.3) is 0 Å². The van der Waals surface area contributed by atoms with Gasteiger partial charge in [-0.15, -0.1) is 0 Å². The van der Waals surface area contributed by atoms with Gasteiger partial charge in [-0.2, -0.15) is 4.39 Å². The zero-order chi connectivity index (χ0) is 10.7. The number of ether oxygens (including phenoxy) is 1. The zero-order valence-corrected chi connectivity index (χ0v) is 10.5. The Morgan fingerprint density at radius 1 is 1.60 bits per heavy atom. The van der Waals surface area contributed by atoms with Gasteiger partial charge in [0.15, 0.2) is 0 Å². The van der Waals surface area contributed by atoms with Crippen LogP contribution in [0.1, 0.15) is 24.5 Å². The summed E-state index contributed by atoms with van der Waals surface area (Å²) in [6, 6.07) is 3.53. The summed E-state index contributed by atoms with van der Waals surface area (Å²) < 4.78 is 20.1. The van der Waals surface area contributed by atoms with Crippen molar-refractivity contribution >= 4 is 22.6 Å². The van der Waals surface area contributed by atoms with E-state index in [2.05, 4.69) is 27.6 Å². The molecule has 1 aromatic heterocycles. The highest BCUT2D eigenvalue weighted by Crippen LogP contribution is 2.33. The van der Waals surface area contributed by atoms with E-state index >= 15 is 0 Å². The summed E-state index contributed by atoms with van der Waals surface area (Å²) in [6.45, 7) is 0.729. The van der Waals surface area contributed by atoms with Crippen molar-refractivity contribution in [3.8, 4) is 0 Å². The third-order valence-electron chi connectivity index (χ3n) is 2.75. The molecular weight excluding hydrogens is 308 g/mol. The fourth-order valence-corrected chi connectivity index (χ4v) is 2.66. The van der Waals surface area contributed by atoms with Crippen molar-refractivity contribution in [2.24, 2.45) is 5.92 Å². The predicted octanol–water partition coefficient (Wildman–Crippen LogP) is 3.12. The van der Waals surface area contributed by atoms with E-state index in [4.69, 9.17) is 4.74 Å². The molecular formula is C11H13FINO. The van der Waals surface area contributed by atoms with Crippen LogP contribution in [0.5, 0.6) is 0 Å². The van der Waals surface area contributed by atoms with Crippen molar-refractivity contribution in [1.29, 1.82) is 0 Å². The normalized spacial score (nSPS) is 26.5. The van der Waals surface area contributed by atoms with Crippen LogP contribution in [-0.4, -0.2) is 16.0 Å². The molecule has 2 atom stereocenters. The standard InChI is InChI=1S/C11H13FINO/c12-11-9(2-1-4-14-11)10-6-8(7-13)3-5-15-10/h1-2,4,8,10H,3,5-7H2. The monoisotopic (exact) mass is 321 g/mol. The number of aromatic nitrogens is 1. The second-order valence-electron chi connectivity index (χ2n) is 3.79. The summed E-state index contributed by atoms with van der Waals surface area (Å²) >= 11 is 2.38. The second kappa shape index (κ2) is 5.21. The molecule has 1 aliphatic rings.